The molecule has 0 radical (unpaired) electrons. The Morgan fingerprint density at radius 2 is 1.91 bits per heavy atom. The molecule has 0 atom stereocenters. The molecule has 0 aliphatic heterocycles. The van der Waals surface area contributed by atoms with E-state index in [4.69, 9.17) is 16.3 Å². The normalized spacial score (nSPS) is 10.7. The molecule has 0 aliphatic rings. The first-order valence-corrected chi connectivity index (χ1v) is 7.33. The molecule has 0 fully saturated rings. The molecule has 3 aromatic rings. The molecule has 0 unspecified atom stereocenters. The summed E-state index contributed by atoms with van der Waals surface area (Å²) in [5, 5.41) is 0.475. The summed E-state index contributed by atoms with van der Waals surface area (Å²) in [5.41, 5.74) is 3.12. The molecule has 0 bridgehead atoms. The fourth-order valence-electron chi connectivity index (χ4n) is 2.40. The highest BCUT2D eigenvalue weighted by atomic mass is 35.5. The lowest BCUT2D eigenvalue weighted by Crippen LogP contribution is -2.05. The van der Waals surface area contributed by atoms with E-state index in [-0.39, 0.29) is 0 Å². The first kappa shape index (κ1) is 14.6. The number of nitrogens with zero attached hydrogens (tertiary/aromatic N) is 3. The van der Waals surface area contributed by atoms with E-state index < -0.39 is 0 Å². The number of hydrogen-bond acceptors (Lipinski definition) is 3. The van der Waals surface area contributed by atoms with E-state index in [1.807, 2.05) is 37.4 Å². The Kier molecular flexibility index (Phi) is 4.11. The molecule has 0 saturated heterocycles. The molecule has 0 amide bonds. The molecule has 2 aromatic heterocycles. The zero-order chi connectivity index (χ0) is 15.5. The van der Waals surface area contributed by atoms with E-state index in [0.717, 1.165) is 28.4 Å². The molecule has 0 N–H and O–H groups in total. The van der Waals surface area contributed by atoms with Crippen molar-refractivity contribution < 1.29 is 4.74 Å². The SMILES string of the molecule is COc1ccccc1Cn1c(C)cnc1-c1ccc(Cl)nc1. The smallest absolute Gasteiger partial charge is 0.141 e. The number of methoxy groups -OCH3 is 1. The second-order valence-corrected chi connectivity index (χ2v) is 5.38. The van der Waals surface area contributed by atoms with Crippen LogP contribution in [0.5, 0.6) is 5.75 Å². The number of benzene rings is 1. The Balaban J connectivity index is 2.01. The molecule has 22 heavy (non-hydrogen) atoms. The van der Waals surface area contributed by atoms with Crippen molar-refractivity contribution in [2.75, 3.05) is 7.11 Å². The molecule has 112 valence electrons. The van der Waals surface area contributed by atoms with Crippen molar-refractivity contribution in [1.29, 1.82) is 0 Å². The molecule has 0 saturated carbocycles. The lowest BCUT2D eigenvalue weighted by atomic mass is 10.2. The third kappa shape index (κ3) is 2.83. The molecule has 0 aliphatic carbocycles. The lowest BCUT2D eigenvalue weighted by Gasteiger charge is -2.13. The fraction of sp³-hybridized carbons (Fsp3) is 0.176. The van der Waals surface area contributed by atoms with Crippen molar-refractivity contribution in [1.82, 2.24) is 14.5 Å². The first-order valence-electron chi connectivity index (χ1n) is 6.95. The van der Waals surface area contributed by atoms with Gasteiger partial charge in [-0.2, -0.15) is 0 Å². The topological polar surface area (TPSA) is 39.9 Å². The molecule has 4 nitrogen and oxygen atoms in total. The van der Waals surface area contributed by atoms with Crippen LogP contribution in [0.1, 0.15) is 11.3 Å². The van der Waals surface area contributed by atoms with Crippen LogP contribution in [0.25, 0.3) is 11.4 Å². The van der Waals surface area contributed by atoms with Crippen LogP contribution in [0.15, 0.2) is 48.8 Å². The van der Waals surface area contributed by atoms with Gasteiger partial charge in [0, 0.05) is 29.2 Å². The van der Waals surface area contributed by atoms with Gasteiger partial charge in [-0.25, -0.2) is 9.97 Å². The maximum Gasteiger partial charge on any atom is 0.141 e. The van der Waals surface area contributed by atoms with Crippen LogP contribution in [-0.2, 0) is 6.54 Å². The van der Waals surface area contributed by atoms with Gasteiger partial charge in [-0.15, -0.1) is 0 Å². The van der Waals surface area contributed by atoms with Gasteiger partial charge in [-0.3, -0.25) is 0 Å². The standard InChI is InChI=1S/C17H16ClN3O/c1-12-9-20-17(13-7-8-16(18)19-10-13)21(12)11-14-5-3-4-6-15(14)22-2/h3-10H,11H2,1-2H3. The molecule has 5 heteroatoms. The molecule has 3 rings (SSSR count). The van der Waals surface area contributed by atoms with Crippen LogP contribution in [0.2, 0.25) is 5.15 Å². The number of halogens is 1. The summed E-state index contributed by atoms with van der Waals surface area (Å²) in [5.74, 6) is 1.74. The number of ether oxygens (including phenoxy) is 1. The Labute approximate surface area is 134 Å². The Hall–Kier alpha value is -2.33. The van der Waals surface area contributed by atoms with E-state index in [1.54, 1.807) is 19.4 Å². The van der Waals surface area contributed by atoms with Gasteiger partial charge >= 0.3 is 0 Å². The van der Waals surface area contributed by atoms with Gasteiger partial charge in [0.1, 0.15) is 16.7 Å². The summed E-state index contributed by atoms with van der Waals surface area (Å²) in [6.45, 7) is 2.73. The molecular formula is C17H16ClN3O. The molecular weight excluding hydrogens is 298 g/mol. The number of pyridine rings is 1. The highest BCUT2D eigenvalue weighted by Crippen LogP contribution is 2.24. The van der Waals surface area contributed by atoms with Gasteiger partial charge < -0.3 is 9.30 Å². The van der Waals surface area contributed by atoms with Crippen LogP contribution >= 0.6 is 11.6 Å². The molecule has 0 spiro atoms. The molecule has 1 aromatic carbocycles. The number of para-hydroxylation sites is 1. The Bertz CT molecular complexity index is 781. The van der Waals surface area contributed by atoms with Gasteiger partial charge in [-0.05, 0) is 25.1 Å². The highest BCUT2D eigenvalue weighted by Gasteiger charge is 2.12. The maximum atomic E-state index is 5.86. The number of rotatable bonds is 4. The van der Waals surface area contributed by atoms with Crippen molar-refractivity contribution in [2.24, 2.45) is 0 Å². The molecule has 2 heterocycles. The van der Waals surface area contributed by atoms with Crippen LogP contribution in [0, 0.1) is 6.92 Å². The highest BCUT2D eigenvalue weighted by molar-refractivity contribution is 6.29. The summed E-state index contributed by atoms with van der Waals surface area (Å²) in [6.07, 6.45) is 3.60. The van der Waals surface area contributed by atoms with Crippen molar-refractivity contribution in [3.05, 3.63) is 65.2 Å². The van der Waals surface area contributed by atoms with Crippen molar-refractivity contribution in [3.63, 3.8) is 0 Å². The summed E-state index contributed by atoms with van der Waals surface area (Å²) in [6, 6.07) is 11.7. The van der Waals surface area contributed by atoms with E-state index in [0.29, 0.717) is 11.7 Å². The van der Waals surface area contributed by atoms with Crippen LogP contribution in [-0.4, -0.2) is 21.6 Å². The van der Waals surface area contributed by atoms with Gasteiger partial charge in [0.25, 0.3) is 0 Å². The average Bonchev–Trinajstić information content (AvgIpc) is 2.90. The lowest BCUT2D eigenvalue weighted by molar-refractivity contribution is 0.408. The van der Waals surface area contributed by atoms with Crippen molar-refractivity contribution >= 4 is 11.6 Å². The van der Waals surface area contributed by atoms with Crippen molar-refractivity contribution in [3.8, 4) is 17.1 Å². The minimum absolute atomic E-state index is 0.475. The van der Waals surface area contributed by atoms with Gasteiger partial charge in [0.05, 0.1) is 13.7 Å². The van der Waals surface area contributed by atoms with E-state index in [1.165, 1.54) is 0 Å². The van der Waals surface area contributed by atoms with Gasteiger partial charge in [-0.1, -0.05) is 29.8 Å². The summed E-state index contributed by atoms with van der Waals surface area (Å²) >= 11 is 5.86. The van der Waals surface area contributed by atoms with E-state index >= 15 is 0 Å². The minimum atomic E-state index is 0.475. The van der Waals surface area contributed by atoms with Crippen molar-refractivity contribution in [2.45, 2.75) is 13.5 Å². The third-order valence-corrected chi connectivity index (χ3v) is 3.79. The Morgan fingerprint density at radius 3 is 2.64 bits per heavy atom. The fourth-order valence-corrected chi connectivity index (χ4v) is 2.51. The number of hydrogen-bond donors (Lipinski definition) is 0. The van der Waals surface area contributed by atoms with Crippen LogP contribution in [0.3, 0.4) is 0 Å². The third-order valence-electron chi connectivity index (χ3n) is 3.56. The number of aromatic nitrogens is 3. The second-order valence-electron chi connectivity index (χ2n) is 4.99. The number of imidazole rings is 1. The first-order chi connectivity index (χ1) is 10.7. The quantitative estimate of drug-likeness (QED) is 0.684. The van der Waals surface area contributed by atoms with Crippen LogP contribution in [0.4, 0.5) is 0 Å². The van der Waals surface area contributed by atoms with Gasteiger partial charge in [0.15, 0.2) is 0 Å². The van der Waals surface area contributed by atoms with Gasteiger partial charge in [0.2, 0.25) is 0 Å². The average molecular weight is 314 g/mol. The number of aryl methyl sites for hydroxylation is 1. The van der Waals surface area contributed by atoms with E-state index in [2.05, 4.69) is 20.6 Å². The van der Waals surface area contributed by atoms with Crippen LogP contribution < -0.4 is 4.74 Å². The summed E-state index contributed by atoms with van der Waals surface area (Å²) in [7, 11) is 1.68. The minimum Gasteiger partial charge on any atom is -0.496 e. The predicted molar refractivity (Wildman–Crippen MR) is 87.3 cm³/mol. The summed E-state index contributed by atoms with van der Waals surface area (Å²) in [4.78, 5) is 8.64. The largest absolute Gasteiger partial charge is 0.496 e. The summed E-state index contributed by atoms with van der Waals surface area (Å²) < 4.78 is 7.57. The zero-order valence-electron chi connectivity index (χ0n) is 12.5. The maximum absolute atomic E-state index is 5.86. The predicted octanol–water partition coefficient (Wildman–Crippen LogP) is 3.96. The van der Waals surface area contributed by atoms with E-state index in [9.17, 15) is 0 Å². The zero-order valence-corrected chi connectivity index (χ0v) is 13.2. The Morgan fingerprint density at radius 1 is 1.09 bits per heavy atom. The second kappa shape index (κ2) is 6.20. The monoisotopic (exact) mass is 313 g/mol.